The third kappa shape index (κ3) is 3.71. The van der Waals surface area contributed by atoms with Crippen LogP contribution in [0, 0.1) is 17.1 Å². The van der Waals surface area contributed by atoms with Gasteiger partial charge in [0.1, 0.15) is 16.9 Å². The lowest BCUT2D eigenvalue weighted by molar-refractivity contribution is 0.305. The zero-order valence-electron chi connectivity index (χ0n) is 14.5. The highest BCUT2D eigenvalue weighted by Gasteiger charge is 2.21. The molecule has 0 aliphatic carbocycles. The van der Waals surface area contributed by atoms with Crippen molar-refractivity contribution in [3.63, 3.8) is 0 Å². The number of nitriles is 1. The molecule has 1 atom stereocenters. The van der Waals surface area contributed by atoms with Crippen molar-refractivity contribution in [3.05, 3.63) is 53.7 Å². The summed E-state index contributed by atoms with van der Waals surface area (Å²) in [7, 11) is 3.90. The van der Waals surface area contributed by atoms with E-state index in [0.717, 1.165) is 11.5 Å². The lowest BCUT2D eigenvalue weighted by atomic mass is 10.2. The summed E-state index contributed by atoms with van der Waals surface area (Å²) >= 11 is 1.28. The van der Waals surface area contributed by atoms with Crippen LogP contribution in [-0.2, 0) is 0 Å². The molecule has 1 aromatic carbocycles. The second-order valence-electron chi connectivity index (χ2n) is 5.76. The molecule has 0 bridgehead atoms. The van der Waals surface area contributed by atoms with Crippen molar-refractivity contribution < 1.29 is 4.39 Å². The maximum atomic E-state index is 13.3. The molecule has 7 nitrogen and oxygen atoms in total. The summed E-state index contributed by atoms with van der Waals surface area (Å²) in [6.45, 7) is 2.01. The van der Waals surface area contributed by atoms with Gasteiger partial charge in [-0.25, -0.2) is 4.39 Å². The molecular weight excluding hydrogens is 353 g/mol. The molecule has 132 valence electrons. The smallest absolute Gasteiger partial charge is 0.202 e. The van der Waals surface area contributed by atoms with Crippen molar-refractivity contribution in [2.45, 2.75) is 23.1 Å². The van der Waals surface area contributed by atoms with Crippen LogP contribution in [0.5, 0.6) is 0 Å². The first-order chi connectivity index (χ1) is 12.5. The highest BCUT2D eigenvalue weighted by atomic mass is 32.2. The zero-order chi connectivity index (χ0) is 18.7. The SMILES string of the molecule is CC(c1nnc(Sc2ccc(C#N)nn2)n1-c1ccc(F)cc1)N(C)C. The van der Waals surface area contributed by atoms with Gasteiger partial charge in [0.2, 0.25) is 5.16 Å². The molecule has 0 N–H and O–H groups in total. The Kier molecular flexibility index (Phi) is 5.25. The quantitative estimate of drug-likeness (QED) is 0.684. The first kappa shape index (κ1) is 18.0. The monoisotopic (exact) mass is 369 g/mol. The van der Waals surface area contributed by atoms with Crippen molar-refractivity contribution in [2.75, 3.05) is 14.1 Å². The van der Waals surface area contributed by atoms with E-state index in [1.165, 1.54) is 23.9 Å². The predicted molar refractivity (Wildman–Crippen MR) is 94.3 cm³/mol. The van der Waals surface area contributed by atoms with E-state index in [2.05, 4.69) is 20.4 Å². The maximum Gasteiger partial charge on any atom is 0.202 e. The zero-order valence-corrected chi connectivity index (χ0v) is 15.3. The van der Waals surface area contributed by atoms with Gasteiger partial charge >= 0.3 is 0 Å². The largest absolute Gasteiger partial charge is 0.300 e. The normalized spacial score (nSPS) is 12.2. The summed E-state index contributed by atoms with van der Waals surface area (Å²) in [4.78, 5) is 2.01. The Bertz CT molecular complexity index is 929. The van der Waals surface area contributed by atoms with Gasteiger partial charge in [-0.2, -0.15) is 5.26 Å². The highest BCUT2D eigenvalue weighted by Crippen LogP contribution is 2.30. The van der Waals surface area contributed by atoms with E-state index in [-0.39, 0.29) is 17.6 Å². The van der Waals surface area contributed by atoms with Crippen LogP contribution in [0.4, 0.5) is 4.39 Å². The first-order valence-electron chi connectivity index (χ1n) is 7.79. The molecule has 0 saturated heterocycles. The second kappa shape index (κ2) is 7.59. The molecule has 1 unspecified atom stereocenters. The van der Waals surface area contributed by atoms with E-state index in [1.807, 2.05) is 36.6 Å². The molecule has 0 radical (unpaired) electrons. The molecule has 0 fully saturated rings. The van der Waals surface area contributed by atoms with Crippen molar-refractivity contribution >= 4 is 11.8 Å². The van der Waals surface area contributed by atoms with Crippen LogP contribution < -0.4 is 0 Å². The molecule has 0 amide bonds. The van der Waals surface area contributed by atoms with Gasteiger partial charge in [0.05, 0.1) is 6.04 Å². The van der Waals surface area contributed by atoms with Gasteiger partial charge in [-0.05, 0) is 69.2 Å². The van der Waals surface area contributed by atoms with Gasteiger partial charge in [0.15, 0.2) is 11.5 Å². The molecule has 3 rings (SSSR count). The number of nitrogens with zero attached hydrogens (tertiary/aromatic N) is 7. The van der Waals surface area contributed by atoms with Crippen LogP contribution in [0.1, 0.15) is 24.5 Å². The molecule has 2 heterocycles. The van der Waals surface area contributed by atoms with Gasteiger partial charge in [-0.15, -0.1) is 20.4 Å². The average Bonchev–Trinajstić information content (AvgIpc) is 3.05. The summed E-state index contributed by atoms with van der Waals surface area (Å²) < 4.78 is 15.2. The summed E-state index contributed by atoms with van der Waals surface area (Å²) in [5, 5.41) is 26.5. The Morgan fingerprint density at radius 1 is 1.08 bits per heavy atom. The molecule has 0 spiro atoms. The lowest BCUT2D eigenvalue weighted by Gasteiger charge is -2.20. The van der Waals surface area contributed by atoms with Crippen molar-refractivity contribution in [1.82, 2.24) is 29.9 Å². The molecule has 9 heteroatoms. The summed E-state index contributed by atoms with van der Waals surface area (Å²) in [6.07, 6.45) is 0. The number of halogens is 1. The molecule has 26 heavy (non-hydrogen) atoms. The minimum absolute atomic E-state index is 0.00560. The number of hydrogen-bond donors (Lipinski definition) is 0. The van der Waals surface area contributed by atoms with E-state index >= 15 is 0 Å². The fourth-order valence-corrected chi connectivity index (χ4v) is 2.99. The lowest BCUT2D eigenvalue weighted by Crippen LogP contribution is -2.20. The Hall–Kier alpha value is -2.83. The van der Waals surface area contributed by atoms with Crippen LogP contribution >= 0.6 is 11.8 Å². The van der Waals surface area contributed by atoms with Crippen LogP contribution in [-0.4, -0.2) is 44.0 Å². The molecule has 0 aliphatic rings. The van der Waals surface area contributed by atoms with Crippen molar-refractivity contribution in [3.8, 4) is 11.8 Å². The minimum atomic E-state index is -0.309. The van der Waals surface area contributed by atoms with Crippen molar-refractivity contribution in [1.29, 1.82) is 5.26 Å². The minimum Gasteiger partial charge on any atom is -0.300 e. The number of aromatic nitrogens is 5. The van der Waals surface area contributed by atoms with E-state index in [0.29, 0.717) is 10.2 Å². The Balaban J connectivity index is 2.04. The molecule has 2 aromatic heterocycles. The molecular formula is C17H16FN7S. The number of benzene rings is 1. The highest BCUT2D eigenvalue weighted by molar-refractivity contribution is 7.99. The van der Waals surface area contributed by atoms with E-state index < -0.39 is 0 Å². The van der Waals surface area contributed by atoms with Crippen LogP contribution in [0.25, 0.3) is 5.69 Å². The molecule has 0 aliphatic heterocycles. The average molecular weight is 369 g/mol. The third-order valence-corrected chi connectivity index (χ3v) is 4.72. The van der Waals surface area contributed by atoms with Crippen LogP contribution in [0.2, 0.25) is 0 Å². The van der Waals surface area contributed by atoms with Gasteiger partial charge in [0, 0.05) is 5.69 Å². The van der Waals surface area contributed by atoms with Crippen molar-refractivity contribution in [2.24, 2.45) is 0 Å². The van der Waals surface area contributed by atoms with Crippen LogP contribution in [0.15, 0.2) is 46.6 Å². The van der Waals surface area contributed by atoms with Gasteiger partial charge in [0.25, 0.3) is 0 Å². The third-order valence-electron chi connectivity index (χ3n) is 3.84. The number of rotatable bonds is 5. The van der Waals surface area contributed by atoms with Gasteiger partial charge < -0.3 is 0 Å². The fourth-order valence-electron chi connectivity index (χ4n) is 2.21. The summed E-state index contributed by atoms with van der Waals surface area (Å²) in [5.74, 6) is 0.418. The second-order valence-corrected chi connectivity index (χ2v) is 6.75. The molecule has 3 aromatic rings. The predicted octanol–water partition coefficient (Wildman–Crippen LogP) is 2.84. The van der Waals surface area contributed by atoms with Crippen LogP contribution in [0.3, 0.4) is 0 Å². The molecule has 0 saturated carbocycles. The fraction of sp³-hybridized carbons (Fsp3) is 0.235. The number of hydrogen-bond acceptors (Lipinski definition) is 7. The topological polar surface area (TPSA) is 83.5 Å². The van der Waals surface area contributed by atoms with E-state index in [9.17, 15) is 4.39 Å². The standard InChI is InChI=1S/C17H16FN7S/c1-11(24(2)3)16-22-23-17(25(16)14-7-4-12(18)5-8-14)26-15-9-6-13(10-19)20-21-15/h4-9,11H,1-3H3. The Morgan fingerprint density at radius 3 is 2.38 bits per heavy atom. The maximum absolute atomic E-state index is 13.3. The van der Waals surface area contributed by atoms with E-state index in [1.54, 1.807) is 24.3 Å². The summed E-state index contributed by atoms with van der Waals surface area (Å²) in [6, 6.07) is 11.4. The van der Waals surface area contributed by atoms with Gasteiger partial charge in [-0.3, -0.25) is 9.47 Å². The van der Waals surface area contributed by atoms with E-state index in [4.69, 9.17) is 5.26 Å². The Labute approximate surface area is 154 Å². The van der Waals surface area contributed by atoms with Gasteiger partial charge in [-0.1, -0.05) is 0 Å². The Morgan fingerprint density at radius 2 is 1.81 bits per heavy atom. The summed E-state index contributed by atoms with van der Waals surface area (Å²) in [5.41, 5.74) is 1.00. The first-order valence-corrected chi connectivity index (χ1v) is 8.60.